The second kappa shape index (κ2) is 5.39. The number of rotatable bonds is 6. The van der Waals surface area contributed by atoms with E-state index in [0.29, 0.717) is 11.9 Å². The van der Waals surface area contributed by atoms with Crippen molar-refractivity contribution in [1.29, 1.82) is 0 Å². The lowest BCUT2D eigenvalue weighted by Crippen LogP contribution is -2.09. The molecule has 3 rings (SSSR count). The normalized spacial score (nSPS) is 13.8. The van der Waals surface area contributed by atoms with Crippen LogP contribution in [0.25, 0.3) is 0 Å². The van der Waals surface area contributed by atoms with Gasteiger partial charge in [0, 0.05) is 12.1 Å². The van der Waals surface area contributed by atoms with Crippen LogP contribution in [-0.2, 0) is 6.54 Å². The van der Waals surface area contributed by atoms with Crippen molar-refractivity contribution < 1.29 is 9.85 Å². The molecule has 1 aliphatic carbocycles. The summed E-state index contributed by atoms with van der Waals surface area (Å²) in [5, 5.41) is 32.5. The van der Waals surface area contributed by atoms with Crippen molar-refractivity contribution in [3.8, 4) is 0 Å². The van der Waals surface area contributed by atoms with Gasteiger partial charge in [0.2, 0.25) is 0 Å². The molecule has 10 heteroatoms. The molecule has 114 valence electrons. The Hall–Kier alpha value is -3.04. The lowest BCUT2D eigenvalue weighted by Gasteiger charge is -2.08. The molecule has 22 heavy (non-hydrogen) atoms. The van der Waals surface area contributed by atoms with Crippen LogP contribution in [0.2, 0.25) is 0 Å². The first-order valence-electron chi connectivity index (χ1n) is 6.61. The Bertz CT molecular complexity index is 739. The fourth-order valence-electron chi connectivity index (χ4n) is 2.16. The van der Waals surface area contributed by atoms with Crippen molar-refractivity contribution in [1.82, 2.24) is 14.8 Å². The monoisotopic (exact) mass is 304 g/mol. The molecular formula is C12H12N6O4. The largest absolute Gasteiger partial charge is 0.372 e. The Morgan fingerprint density at radius 2 is 2.05 bits per heavy atom. The maximum Gasteiger partial charge on any atom is 0.299 e. The molecule has 1 aliphatic rings. The number of nitro groups is 2. The van der Waals surface area contributed by atoms with Crippen LogP contribution < -0.4 is 5.32 Å². The van der Waals surface area contributed by atoms with Crippen molar-refractivity contribution in [3.63, 3.8) is 0 Å². The van der Waals surface area contributed by atoms with Crippen LogP contribution in [0, 0.1) is 20.2 Å². The first-order valence-corrected chi connectivity index (χ1v) is 6.61. The van der Waals surface area contributed by atoms with Crippen LogP contribution >= 0.6 is 0 Å². The summed E-state index contributed by atoms with van der Waals surface area (Å²) in [4.78, 5) is 20.4. The van der Waals surface area contributed by atoms with Gasteiger partial charge in [0.15, 0.2) is 5.82 Å². The predicted molar refractivity (Wildman–Crippen MR) is 75.4 cm³/mol. The molecule has 1 fully saturated rings. The number of benzene rings is 1. The number of hydrogen-bond acceptors (Lipinski definition) is 7. The minimum Gasteiger partial charge on any atom is -0.372 e. The van der Waals surface area contributed by atoms with Gasteiger partial charge in [0.05, 0.1) is 22.5 Å². The van der Waals surface area contributed by atoms with Crippen LogP contribution in [0.1, 0.15) is 24.7 Å². The molecule has 0 atom stereocenters. The number of nitrogens with one attached hydrogen (secondary N) is 1. The zero-order valence-electron chi connectivity index (χ0n) is 11.4. The highest BCUT2D eigenvalue weighted by atomic mass is 16.6. The molecule has 1 aromatic heterocycles. The van der Waals surface area contributed by atoms with Crippen LogP contribution in [0.15, 0.2) is 24.5 Å². The number of non-ortho nitro benzene ring substituents is 1. The van der Waals surface area contributed by atoms with E-state index in [1.54, 1.807) is 6.33 Å². The first-order chi connectivity index (χ1) is 10.6. The van der Waals surface area contributed by atoms with Gasteiger partial charge in [0.25, 0.3) is 11.4 Å². The molecule has 1 aromatic carbocycles. The average molecular weight is 304 g/mol. The van der Waals surface area contributed by atoms with Crippen LogP contribution in [0.4, 0.5) is 17.1 Å². The lowest BCUT2D eigenvalue weighted by atomic mass is 10.2. The Morgan fingerprint density at radius 1 is 1.27 bits per heavy atom. The Kier molecular flexibility index (Phi) is 3.41. The van der Waals surface area contributed by atoms with Gasteiger partial charge in [0.1, 0.15) is 12.0 Å². The molecule has 10 nitrogen and oxygen atoms in total. The van der Waals surface area contributed by atoms with Gasteiger partial charge >= 0.3 is 0 Å². The molecular weight excluding hydrogens is 292 g/mol. The van der Waals surface area contributed by atoms with Crippen LogP contribution in [0.3, 0.4) is 0 Å². The summed E-state index contributed by atoms with van der Waals surface area (Å²) in [5.74, 6) is 0.676. The van der Waals surface area contributed by atoms with E-state index in [0.717, 1.165) is 18.9 Å². The third-order valence-corrected chi connectivity index (χ3v) is 3.41. The predicted octanol–water partition coefficient (Wildman–Crippen LogP) is 2.04. The summed E-state index contributed by atoms with van der Waals surface area (Å²) in [6, 6.07) is 3.89. The molecule has 1 N–H and O–H groups in total. The topological polar surface area (TPSA) is 129 Å². The van der Waals surface area contributed by atoms with Crippen molar-refractivity contribution in [2.24, 2.45) is 0 Å². The van der Waals surface area contributed by atoms with Gasteiger partial charge in [-0.25, -0.2) is 0 Å². The summed E-state index contributed by atoms with van der Waals surface area (Å²) >= 11 is 0. The molecule has 0 amide bonds. The maximum atomic E-state index is 11.1. The highest BCUT2D eigenvalue weighted by Gasteiger charge is 2.26. The summed E-state index contributed by atoms with van der Waals surface area (Å²) < 4.78 is 1.93. The van der Waals surface area contributed by atoms with Gasteiger partial charge in [-0.1, -0.05) is 0 Å². The molecule has 1 saturated carbocycles. The number of nitro benzene ring substituents is 2. The fraction of sp³-hybridized carbons (Fsp3) is 0.333. The minimum absolute atomic E-state index is 0.209. The van der Waals surface area contributed by atoms with E-state index in [9.17, 15) is 20.2 Å². The van der Waals surface area contributed by atoms with Gasteiger partial charge in [-0.05, 0) is 18.9 Å². The molecule has 0 bridgehead atoms. The molecule has 2 aromatic rings. The van der Waals surface area contributed by atoms with Crippen molar-refractivity contribution >= 4 is 17.1 Å². The molecule has 0 spiro atoms. The van der Waals surface area contributed by atoms with Gasteiger partial charge in [-0.15, -0.1) is 10.2 Å². The van der Waals surface area contributed by atoms with E-state index in [1.807, 2.05) is 4.57 Å². The van der Waals surface area contributed by atoms with Crippen molar-refractivity contribution in [2.75, 3.05) is 5.32 Å². The van der Waals surface area contributed by atoms with Crippen LogP contribution in [-0.4, -0.2) is 24.6 Å². The fourth-order valence-corrected chi connectivity index (χ4v) is 2.16. The third-order valence-electron chi connectivity index (χ3n) is 3.41. The third kappa shape index (κ3) is 2.71. The quantitative estimate of drug-likeness (QED) is 0.638. The standard InChI is InChI=1S/C12H12N6O4/c19-17(20)9-3-4-10(11(5-9)18(21)22)13-6-12-15-14-7-16(12)8-1-2-8/h3-5,7-8,13H,1-2,6H2. The Morgan fingerprint density at radius 3 is 2.68 bits per heavy atom. The van der Waals surface area contributed by atoms with E-state index >= 15 is 0 Å². The highest BCUT2D eigenvalue weighted by molar-refractivity contribution is 5.65. The van der Waals surface area contributed by atoms with Crippen molar-refractivity contribution in [3.05, 3.63) is 50.6 Å². The van der Waals surface area contributed by atoms with E-state index in [4.69, 9.17) is 0 Å². The summed E-state index contributed by atoms with van der Waals surface area (Å²) in [6.45, 7) is 0.259. The van der Waals surface area contributed by atoms with E-state index in [1.165, 1.54) is 12.1 Å². The van der Waals surface area contributed by atoms with Gasteiger partial charge in [-0.3, -0.25) is 20.2 Å². The number of anilines is 1. The average Bonchev–Trinajstić information content (AvgIpc) is 3.23. The number of nitrogens with zero attached hydrogens (tertiary/aromatic N) is 5. The van der Waals surface area contributed by atoms with E-state index in [2.05, 4.69) is 15.5 Å². The van der Waals surface area contributed by atoms with Gasteiger partial charge in [-0.2, -0.15) is 0 Å². The molecule has 0 radical (unpaired) electrons. The first kappa shape index (κ1) is 13.9. The second-order valence-electron chi connectivity index (χ2n) is 4.95. The summed E-state index contributed by atoms with van der Waals surface area (Å²) in [5.41, 5.74) is -0.453. The SMILES string of the molecule is O=[N+]([O-])c1ccc(NCc2nncn2C2CC2)c([N+](=O)[O-])c1. The summed E-state index contributed by atoms with van der Waals surface area (Å²) in [6.07, 6.45) is 3.78. The van der Waals surface area contributed by atoms with E-state index < -0.39 is 9.85 Å². The lowest BCUT2D eigenvalue weighted by molar-refractivity contribution is -0.393. The second-order valence-corrected chi connectivity index (χ2v) is 4.95. The van der Waals surface area contributed by atoms with Crippen LogP contribution in [0.5, 0.6) is 0 Å². The molecule has 0 aliphatic heterocycles. The van der Waals surface area contributed by atoms with E-state index in [-0.39, 0.29) is 23.6 Å². The minimum atomic E-state index is -0.666. The summed E-state index contributed by atoms with van der Waals surface area (Å²) in [7, 11) is 0. The molecule has 0 saturated heterocycles. The molecule has 1 heterocycles. The maximum absolute atomic E-state index is 11.1. The number of aromatic nitrogens is 3. The Balaban J connectivity index is 1.80. The number of hydrogen-bond donors (Lipinski definition) is 1. The van der Waals surface area contributed by atoms with Gasteiger partial charge < -0.3 is 9.88 Å². The Labute approximate surface area is 124 Å². The highest BCUT2D eigenvalue weighted by Crippen LogP contribution is 2.35. The van der Waals surface area contributed by atoms with Crippen molar-refractivity contribution in [2.45, 2.75) is 25.4 Å². The smallest absolute Gasteiger partial charge is 0.299 e. The zero-order valence-corrected chi connectivity index (χ0v) is 11.4. The molecule has 0 unspecified atom stereocenters. The zero-order chi connectivity index (χ0) is 15.7.